The Kier molecular flexibility index (Phi) is 4.02. The van der Waals surface area contributed by atoms with Crippen LogP contribution in [0.3, 0.4) is 0 Å². The van der Waals surface area contributed by atoms with Crippen LogP contribution in [0.4, 0.5) is 0 Å². The van der Waals surface area contributed by atoms with E-state index in [2.05, 4.69) is 20.2 Å². The quantitative estimate of drug-likeness (QED) is 0.502. The molecule has 0 saturated heterocycles. The molecule has 0 amide bonds. The van der Waals surface area contributed by atoms with E-state index >= 15 is 0 Å². The summed E-state index contributed by atoms with van der Waals surface area (Å²) in [7, 11) is 0. The lowest BCUT2D eigenvalue weighted by Gasteiger charge is -2.08. The SMILES string of the molecule is O=c1[nH]c(-c2cccc(Cc3n[nH]c(=O)c4ccccc34)c2)nc2ccccc12. The Labute approximate surface area is 164 Å². The first-order valence-corrected chi connectivity index (χ1v) is 9.24. The zero-order valence-electron chi connectivity index (χ0n) is 15.3. The molecule has 0 saturated carbocycles. The molecule has 140 valence electrons. The molecule has 0 unspecified atom stereocenters. The maximum absolute atomic E-state index is 12.4. The highest BCUT2D eigenvalue weighted by molar-refractivity contribution is 5.83. The van der Waals surface area contributed by atoms with Crippen molar-refractivity contribution in [3.05, 3.63) is 105 Å². The predicted octanol–water partition coefficient (Wildman–Crippen LogP) is 3.42. The van der Waals surface area contributed by atoms with Crippen LogP contribution in [-0.4, -0.2) is 20.2 Å². The summed E-state index contributed by atoms with van der Waals surface area (Å²) in [6, 6.07) is 22.5. The predicted molar refractivity (Wildman–Crippen MR) is 113 cm³/mol. The first kappa shape index (κ1) is 17.1. The molecule has 5 aromatic rings. The summed E-state index contributed by atoms with van der Waals surface area (Å²) in [6.07, 6.45) is 0.545. The van der Waals surface area contributed by atoms with Crippen molar-refractivity contribution in [2.24, 2.45) is 0 Å². The molecule has 29 heavy (non-hydrogen) atoms. The first-order chi connectivity index (χ1) is 14.2. The van der Waals surface area contributed by atoms with E-state index in [1.165, 1.54) is 0 Å². The van der Waals surface area contributed by atoms with Crippen LogP contribution in [0.15, 0.2) is 82.4 Å². The van der Waals surface area contributed by atoms with Crippen LogP contribution in [0, 0.1) is 0 Å². The fraction of sp³-hybridized carbons (Fsp3) is 0.0435. The number of hydrogen-bond acceptors (Lipinski definition) is 4. The molecule has 5 rings (SSSR count). The van der Waals surface area contributed by atoms with Gasteiger partial charge >= 0.3 is 0 Å². The second-order valence-corrected chi connectivity index (χ2v) is 6.85. The van der Waals surface area contributed by atoms with E-state index in [-0.39, 0.29) is 11.1 Å². The molecular weight excluding hydrogens is 364 g/mol. The van der Waals surface area contributed by atoms with Crippen LogP contribution in [-0.2, 0) is 6.42 Å². The Morgan fingerprint density at radius 1 is 0.759 bits per heavy atom. The van der Waals surface area contributed by atoms with Gasteiger partial charge in [-0.15, -0.1) is 0 Å². The summed E-state index contributed by atoms with van der Waals surface area (Å²) < 4.78 is 0. The van der Waals surface area contributed by atoms with Gasteiger partial charge in [0.15, 0.2) is 0 Å². The largest absolute Gasteiger partial charge is 0.306 e. The van der Waals surface area contributed by atoms with Crippen molar-refractivity contribution < 1.29 is 0 Å². The summed E-state index contributed by atoms with van der Waals surface area (Å²) >= 11 is 0. The summed E-state index contributed by atoms with van der Waals surface area (Å²) in [5.74, 6) is 0.523. The number of hydrogen-bond donors (Lipinski definition) is 2. The molecule has 2 heterocycles. The maximum atomic E-state index is 12.4. The second kappa shape index (κ2) is 6.83. The molecule has 0 radical (unpaired) electrons. The minimum Gasteiger partial charge on any atom is -0.306 e. The summed E-state index contributed by atoms with van der Waals surface area (Å²) in [5.41, 5.74) is 2.91. The van der Waals surface area contributed by atoms with Crippen LogP contribution in [0.2, 0.25) is 0 Å². The smallest absolute Gasteiger partial charge is 0.272 e. The van der Waals surface area contributed by atoms with Gasteiger partial charge in [0.05, 0.1) is 22.0 Å². The Bertz CT molecular complexity index is 1480. The second-order valence-electron chi connectivity index (χ2n) is 6.85. The molecule has 6 heteroatoms. The van der Waals surface area contributed by atoms with Gasteiger partial charge < -0.3 is 4.98 Å². The van der Waals surface area contributed by atoms with Crippen LogP contribution >= 0.6 is 0 Å². The number of fused-ring (bicyclic) bond motifs is 2. The van der Waals surface area contributed by atoms with E-state index in [1.807, 2.05) is 60.7 Å². The molecule has 2 N–H and O–H groups in total. The Balaban J connectivity index is 1.57. The molecule has 6 nitrogen and oxygen atoms in total. The molecule has 0 spiro atoms. The van der Waals surface area contributed by atoms with E-state index in [1.54, 1.807) is 12.1 Å². The number of benzene rings is 3. The highest BCUT2D eigenvalue weighted by Gasteiger charge is 2.09. The van der Waals surface area contributed by atoms with E-state index in [9.17, 15) is 9.59 Å². The van der Waals surface area contributed by atoms with Crippen molar-refractivity contribution in [3.8, 4) is 11.4 Å². The third-order valence-corrected chi connectivity index (χ3v) is 4.96. The van der Waals surface area contributed by atoms with Crippen LogP contribution in [0.25, 0.3) is 33.1 Å². The topological polar surface area (TPSA) is 91.5 Å². The number of nitrogens with zero attached hydrogens (tertiary/aromatic N) is 2. The van der Waals surface area contributed by atoms with Crippen molar-refractivity contribution >= 4 is 21.7 Å². The lowest BCUT2D eigenvalue weighted by Crippen LogP contribution is -2.11. The lowest BCUT2D eigenvalue weighted by molar-refractivity contribution is 0.934. The number of aromatic amines is 2. The van der Waals surface area contributed by atoms with Gasteiger partial charge in [-0.2, -0.15) is 5.10 Å². The highest BCUT2D eigenvalue weighted by Crippen LogP contribution is 2.21. The molecule has 0 aliphatic heterocycles. The molecule has 3 aromatic carbocycles. The molecule has 0 fully saturated rings. The number of aromatic nitrogens is 4. The Morgan fingerprint density at radius 3 is 2.38 bits per heavy atom. The Hall–Kier alpha value is -4.06. The van der Waals surface area contributed by atoms with Crippen molar-refractivity contribution in [3.63, 3.8) is 0 Å². The fourth-order valence-corrected chi connectivity index (χ4v) is 3.55. The van der Waals surface area contributed by atoms with Gasteiger partial charge in [0, 0.05) is 17.4 Å². The lowest BCUT2D eigenvalue weighted by atomic mass is 10.0. The molecule has 0 aliphatic rings. The van der Waals surface area contributed by atoms with E-state index < -0.39 is 0 Å². The zero-order chi connectivity index (χ0) is 19.8. The van der Waals surface area contributed by atoms with Gasteiger partial charge in [-0.05, 0) is 29.8 Å². The first-order valence-electron chi connectivity index (χ1n) is 9.24. The number of H-pyrrole nitrogens is 2. The van der Waals surface area contributed by atoms with Gasteiger partial charge in [0.25, 0.3) is 11.1 Å². The minimum atomic E-state index is -0.198. The minimum absolute atomic E-state index is 0.163. The number of nitrogens with one attached hydrogen (secondary N) is 2. The monoisotopic (exact) mass is 380 g/mol. The van der Waals surface area contributed by atoms with E-state index in [0.29, 0.717) is 28.5 Å². The standard InChI is InChI=1S/C23H16N4O2/c28-22-18-10-3-4-11-19(18)24-21(25-22)15-7-5-6-14(12-15)13-20-16-8-1-2-9-17(16)23(29)27-26-20/h1-12H,13H2,(H,27,29)(H,24,25,28). The molecule has 0 bridgehead atoms. The van der Waals surface area contributed by atoms with Crippen LogP contribution in [0.5, 0.6) is 0 Å². The fourth-order valence-electron chi connectivity index (χ4n) is 3.55. The van der Waals surface area contributed by atoms with Gasteiger partial charge in [-0.25, -0.2) is 10.1 Å². The van der Waals surface area contributed by atoms with Crippen LogP contribution < -0.4 is 11.1 Å². The average Bonchev–Trinajstić information content (AvgIpc) is 2.76. The van der Waals surface area contributed by atoms with Crippen molar-refractivity contribution in [1.82, 2.24) is 20.2 Å². The third-order valence-electron chi connectivity index (χ3n) is 4.96. The Morgan fingerprint density at radius 2 is 1.52 bits per heavy atom. The number of rotatable bonds is 3. The maximum Gasteiger partial charge on any atom is 0.272 e. The highest BCUT2D eigenvalue weighted by atomic mass is 16.1. The van der Waals surface area contributed by atoms with Crippen molar-refractivity contribution in [1.29, 1.82) is 0 Å². The van der Waals surface area contributed by atoms with Crippen molar-refractivity contribution in [2.45, 2.75) is 6.42 Å². The summed E-state index contributed by atoms with van der Waals surface area (Å²) in [6.45, 7) is 0. The van der Waals surface area contributed by atoms with Gasteiger partial charge in [-0.3, -0.25) is 9.59 Å². The molecule has 0 aliphatic carbocycles. The zero-order valence-corrected chi connectivity index (χ0v) is 15.3. The molecule has 2 aromatic heterocycles. The van der Waals surface area contributed by atoms with Gasteiger partial charge in [-0.1, -0.05) is 48.5 Å². The third kappa shape index (κ3) is 3.10. The summed E-state index contributed by atoms with van der Waals surface area (Å²) in [4.78, 5) is 31.9. The number of para-hydroxylation sites is 1. The average molecular weight is 380 g/mol. The van der Waals surface area contributed by atoms with Crippen LogP contribution in [0.1, 0.15) is 11.3 Å². The normalized spacial score (nSPS) is 11.2. The summed E-state index contributed by atoms with van der Waals surface area (Å²) in [5, 5.41) is 8.84. The van der Waals surface area contributed by atoms with E-state index in [4.69, 9.17) is 0 Å². The van der Waals surface area contributed by atoms with E-state index in [0.717, 1.165) is 22.2 Å². The van der Waals surface area contributed by atoms with Crippen molar-refractivity contribution in [2.75, 3.05) is 0 Å². The van der Waals surface area contributed by atoms with Gasteiger partial charge in [0.1, 0.15) is 5.82 Å². The van der Waals surface area contributed by atoms with Gasteiger partial charge in [0.2, 0.25) is 0 Å². The molecule has 0 atom stereocenters. The molecular formula is C23H16N4O2.